The van der Waals surface area contributed by atoms with Crippen LogP contribution in [0.5, 0.6) is 17.5 Å². The fraction of sp³-hybridized carbons (Fsp3) is 0.357. The van der Waals surface area contributed by atoms with Gasteiger partial charge in [-0.15, -0.1) is 0 Å². The summed E-state index contributed by atoms with van der Waals surface area (Å²) in [7, 11) is 1.12. The number of rotatable bonds is 11. The van der Waals surface area contributed by atoms with Crippen molar-refractivity contribution in [3.8, 4) is 17.5 Å². The van der Waals surface area contributed by atoms with E-state index in [-0.39, 0.29) is 46.3 Å². The molecule has 0 unspecified atom stereocenters. The van der Waals surface area contributed by atoms with E-state index in [1.54, 1.807) is 6.92 Å². The number of hydrogen-bond acceptors (Lipinski definition) is 11. The average Bonchev–Trinajstić information content (AvgIpc) is 2.97. The molecule has 13 nitrogen and oxygen atoms in total. The molecule has 1 fully saturated rings. The number of carbonyl (C=O) groups is 2. The van der Waals surface area contributed by atoms with Gasteiger partial charge in [0.05, 0.1) is 29.7 Å². The minimum Gasteiger partial charge on any atom is -0.472 e. The number of nitrogens with one attached hydrogen (secondary N) is 1. The van der Waals surface area contributed by atoms with E-state index in [2.05, 4.69) is 24.9 Å². The van der Waals surface area contributed by atoms with Crippen LogP contribution < -0.4 is 14.8 Å². The van der Waals surface area contributed by atoms with Crippen LogP contribution in [-0.4, -0.2) is 99.6 Å². The summed E-state index contributed by atoms with van der Waals surface area (Å²) in [5.74, 6) is -0.393. The van der Waals surface area contributed by atoms with Crippen LogP contribution in [0.2, 0.25) is 0 Å². The SMILES string of the molecule is COC[C@@H](C)Oc1cc(C(=O)Nc2ccc(C(=O)OC)cn2)cc(Oc2ccc(S(=O)(=O)N3CCN(C)CC3)cc2)n1. The minimum atomic E-state index is -3.64. The van der Waals surface area contributed by atoms with Crippen LogP contribution in [0, 0.1) is 0 Å². The molecule has 42 heavy (non-hydrogen) atoms. The van der Waals surface area contributed by atoms with Gasteiger partial charge in [-0.3, -0.25) is 4.79 Å². The number of piperazine rings is 1. The molecular formula is C28H33N5O8S. The molecule has 0 spiro atoms. The molecule has 4 rings (SSSR count). The topological polar surface area (TPSA) is 149 Å². The average molecular weight is 600 g/mol. The molecule has 1 saturated heterocycles. The lowest BCUT2D eigenvalue weighted by molar-refractivity contribution is 0.0600. The van der Waals surface area contributed by atoms with E-state index in [9.17, 15) is 18.0 Å². The standard InChI is InChI=1S/C28H33N5O8S/c1-19(18-38-3)40-25-15-21(27(34)30-24-10-5-20(17-29-24)28(35)39-4)16-26(31-25)41-22-6-8-23(9-7-22)42(36,37)33-13-11-32(2)12-14-33/h5-10,15-17,19H,11-14,18H2,1-4H3,(H,29,30,34)/t19-/m1/s1. The van der Waals surface area contributed by atoms with Crippen molar-refractivity contribution < 1.29 is 37.0 Å². The Morgan fingerprint density at radius 3 is 2.29 bits per heavy atom. The second-order valence-electron chi connectivity index (χ2n) is 9.57. The maximum absolute atomic E-state index is 13.1. The summed E-state index contributed by atoms with van der Waals surface area (Å²) in [5, 5.41) is 2.66. The van der Waals surface area contributed by atoms with E-state index in [0.717, 1.165) is 0 Å². The Balaban J connectivity index is 1.53. The number of likely N-dealkylation sites (N-methyl/N-ethyl adjacent to an activating group) is 1. The molecule has 1 aliphatic heterocycles. The molecule has 1 aromatic carbocycles. The molecule has 0 bridgehead atoms. The van der Waals surface area contributed by atoms with Crippen molar-refractivity contribution in [2.24, 2.45) is 0 Å². The Labute approximate surface area is 244 Å². The quantitative estimate of drug-likeness (QED) is 0.324. The number of methoxy groups -OCH3 is 2. The third-order valence-electron chi connectivity index (χ3n) is 6.34. The van der Waals surface area contributed by atoms with Crippen molar-refractivity contribution in [2.45, 2.75) is 17.9 Å². The van der Waals surface area contributed by atoms with E-state index in [4.69, 9.17) is 14.2 Å². The fourth-order valence-electron chi connectivity index (χ4n) is 4.07. The second-order valence-corrected chi connectivity index (χ2v) is 11.5. The summed E-state index contributed by atoms with van der Waals surface area (Å²) in [6, 6.07) is 11.8. The van der Waals surface area contributed by atoms with Crippen molar-refractivity contribution in [3.63, 3.8) is 0 Å². The van der Waals surface area contributed by atoms with Crippen molar-refractivity contribution in [2.75, 3.05) is 59.4 Å². The maximum Gasteiger partial charge on any atom is 0.339 e. The third-order valence-corrected chi connectivity index (χ3v) is 8.25. The smallest absolute Gasteiger partial charge is 0.339 e. The number of aromatic nitrogens is 2. The largest absolute Gasteiger partial charge is 0.472 e. The molecule has 1 amide bonds. The summed E-state index contributed by atoms with van der Waals surface area (Å²) in [4.78, 5) is 35.4. The van der Waals surface area contributed by atoms with E-state index in [0.29, 0.717) is 31.9 Å². The van der Waals surface area contributed by atoms with Crippen LogP contribution in [0.4, 0.5) is 5.82 Å². The van der Waals surface area contributed by atoms with E-state index < -0.39 is 21.9 Å². The predicted octanol–water partition coefficient (Wildman–Crippen LogP) is 2.66. The Morgan fingerprint density at radius 1 is 0.976 bits per heavy atom. The van der Waals surface area contributed by atoms with Crippen molar-refractivity contribution in [3.05, 3.63) is 65.9 Å². The number of sulfonamides is 1. The first-order valence-corrected chi connectivity index (χ1v) is 14.5. The summed E-state index contributed by atoms with van der Waals surface area (Å²) < 4.78 is 49.1. The van der Waals surface area contributed by atoms with Gasteiger partial charge in [0.15, 0.2) is 0 Å². The molecule has 3 heterocycles. The molecular weight excluding hydrogens is 566 g/mol. The van der Waals surface area contributed by atoms with E-state index in [1.807, 2.05) is 7.05 Å². The van der Waals surface area contributed by atoms with Crippen LogP contribution in [0.25, 0.3) is 0 Å². The zero-order chi connectivity index (χ0) is 30.3. The summed E-state index contributed by atoms with van der Waals surface area (Å²) in [6.45, 7) is 4.24. The van der Waals surface area contributed by atoms with Crippen molar-refractivity contribution >= 4 is 27.7 Å². The molecule has 2 aromatic heterocycles. The van der Waals surface area contributed by atoms with Crippen molar-refractivity contribution in [1.82, 2.24) is 19.2 Å². The zero-order valence-corrected chi connectivity index (χ0v) is 24.6. The second kappa shape index (κ2) is 13.7. The summed E-state index contributed by atoms with van der Waals surface area (Å²) in [5.41, 5.74) is 0.396. The number of amides is 1. The minimum absolute atomic E-state index is 0.0472. The van der Waals surface area contributed by atoms with Crippen LogP contribution in [0.1, 0.15) is 27.6 Å². The molecule has 0 saturated carbocycles. The fourth-order valence-corrected chi connectivity index (χ4v) is 5.49. The maximum atomic E-state index is 13.1. The lowest BCUT2D eigenvalue weighted by Gasteiger charge is -2.31. The normalized spacial score (nSPS) is 15.0. The Hall–Kier alpha value is -4.11. The number of hydrogen-bond donors (Lipinski definition) is 1. The number of ether oxygens (including phenoxy) is 4. The highest BCUT2D eigenvalue weighted by Crippen LogP contribution is 2.27. The summed E-state index contributed by atoms with van der Waals surface area (Å²) in [6.07, 6.45) is 0.914. The molecule has 1 atom stereocenters. The van der Waals surface area contributed by atoms with Gasteiger partial charge in [0.1, 0.15) is 17.7 Å². The highest BCUT2D eigenvalue weighted by molar-refractivity contribution is 7.89. The highest BCUT2D eigenvalue weighted by atomic mass is 32.2. The van der Waals surface area contributed by atoms with E-state index in [1.165, 1.54) is 73.3 Å². The number of nitrogens with zero attached hydrogens (tertiary/aromatic N) is 4. The first kappa shape index (κ1) is 30.8. The Morgan fingerprint density at radius 2 is 1.67 bits per heavy atom. The van der Waals surface area contributed by atoms with Crippen LogP contribution in [0.15, 0.2) is 59.6 Å². The van der Waals surface area contributed by atoms with Gasteiger partial charge < -0.3 is 29.2 Å². The number of pyridine rings is 2. The molecule has 0 radical (unpaired) electrons. The van der Waals surface area contributed by atoms with Crippen molar-refractivity contribution in [1.29, 1.82) is 0 Å². The highest BCUT2D eigenvalue weighted by Gasteiger charge is 2.27. The van der Waals surface area contributed by atoms with Gasteiger partial charge >= 0.3 is 5.97 Å². The Bertz CT molecular complexity index is 1490. The lowest BCUT2D eigenvalue weighted by atomic mass is 10.2. The molecule has 3 aromatic rings. The first-order valence-electron chi connectivity index (χ1n) is 13.1. The molecule has 1 N–H and O–H groups in total. The number of anilines is 1. The van der Waals surface area contributed by atoms with Crippen LogP contribution >= 0.6 is 0 Å². The van der Waals surface area contributed by atoms with Crippen LogP contribution in [0.3, 0.4) is 0 Å². The van der Waals surface area contributed by atoms with Crippen LogP contribution in [-0.2, 0) is 19.5 Å². The predicted molar refractivity (Wildman–Crippen MR) is 153 cm³/mol. The zero-order valence-electron chi connectivity index (χ0n) is 23.8. The van der Waals surface area contributed by atoms with Gasteiger partial charge in [-0.25, -0.2) is 18.2 Å². The van der Waals surface area contributed by atoms with Gasteiger partial charge in [-0.1, -0.05) is 0 Å². The molecule has 1 aliphatic rings. The first-order chi connectivity index (χ1) is 20.1. The van der Waals surface area contributed by atoms with Gasteiger partial charge in [-0.2, -0.15) is 9.29 Å². The number of benzene rings is 1. The van der Waals surface area contributed by atoms with Gasteiger partial charge in [0.25, 0.3) is 5.91 Å². The van der Waals surface area contributed by atoms with Gasteiger partial charge in [0.2, 0.25) is 21.8 Å². The third kappa shape index (κ3) is 7.79. The monoisotopic (exact) mass is 599 g/mol. The summed E-state index contributed by atoms with van der Waals surface area (Å²) >= 11 is 0. The van der Waals surface area contributed by atoms with Gasteiger partial charge in [0, 0.05) is 51.6 Å². The molecule has 224 valence electrons. The number of esters is 1. The van der Waals surface area contributed by atoms with E-state index >= 15 is 0 Å². The Kier molecular flexibility index (Phi) is 10.1. The molecule has 14 heteroatoms. The molecule has 0 aliphatic carbocycles. The lowest BCUT2D eigenvalue weighted by Crippen LogP contribution is -2.46. The number of carbonyl (C=O) groups excluding carboxylic acids is 2. The van der Waals surface area contributed by atoms with Gasteiger partial charge in [-0.05, 0) is 50.4 Å².